The van der Waals surface area contributed by atoms with Gasteiger partial charge in [-0.25, -0.2) is 0 Å². The zero-order valence-electron chi connectivity index (χ0n) is 20.0. The monoisotopic (exact) mass is 490 g/mol. The number of hydrogen-bond acceptors (Lipinski definition) is 5. The average Bonchev–Trinajstić information content (AvgIpc) is 3.20. The van der Waals surface area contributed by atoms with Crippen molar-refractivity contribution in [3.05, 3.63) is 47.5 Å². The zero-order valence-corrected chi connectivity index (χ0v) is 20.0. The summed E-state index contributed by atoms with van der Waals surface area (Å²) in [5, 5.41) is 2.70. The van der Waals surface area contributed by atoms with E-state index in [2.05, 4.69) is 10.2 Å². The third-order valence-corrected chi connectivity index (χ3v) is 6.55. The zero-order chi connectivity index (χ0) is 25.3. The molecule has 1 atom stereocenters. The molecule has 2 aliphatic heterocycles. The second-order valence-corrected chi connectivity index (χ2v) is 9.09. The normalized spacial score (nSPS) is 19.3. The number of likely N-dealkylation sites (N-methyl/N-ethyl adjacent to an activating group) is 1. The van der Waals surface area contributed by atoms with Gasteiger partial charge in [-0.2, -0.15) is 13.2 Å². The number of nitrogens with one attached hydrogen (secondary N) is 1. The van der Waals surface area contributed by atoms with E-state index in [1.807, 2.05) is 31.0 Å². The summed E-state index contributed by atoms with van der Waals surface area (Å²) in [5.41, 5.74) is 1.32. The second-order valence-electron chi connectivity index (χ2n) is 9.09. The van der Waals surface area contributed by atoms with E-state index < -0.39 is 23.6 Å². The quantitative estimate of drug-likeness (QED) is 0.692. The lowest BCUT2D eigenvalue weighted by Gasteiger charge is -2.35. The molecule has 0 bridgehead atoms. The highest BCUT2D eigenvalue weighted by Crippen LogP contribution is 2.37. The standard InChI is InChI=1S/C25H29F3N4O3/c1-16-4-7-22(35-3)21(12-16)32-15-17(13-23(32)33)24(34)29-19-14-18(25(26,27)28)5-6-20(19)31-10-8-30(2)9-11-31/h4-7,12,14,17H,8-11,13,15H2,1-3H3,(H,29,34). The van der Waals surface area contributed by atoms with Crippen molar-refractivity contribution in [2.45, 2.75) is 19.5 Å². The van der Waals surface area contributed by atoms with Crippen LogP contribution in [0.4, 0.5) is 30.2 Å². The second kappa shape index (κ2) is 9.77. The maximum atomic E-state index is 13.4. The Kier molecular flexibility index (Phi) is 6.93. The number of aryl methyl sites for hydroxylation is 1. The Labute approximate surface area is 202 Å². The molecule has 4 rings (SSSR count). The number of anilines is 3. The largest absolute Gasteiger partial charge is 0.495 e. The van der Waals surface area contributed by atoms with E-state index in [0.717, 1.165) is 30.8 Å². The lowest BCUT2D eigenvalue weighted by atomic mass is 10.1. The molecule has 2 saturated heterocycles. The number of alkyl halides is 3. The van der Waals surface area contributed by atoms with Gasteiger partial charge in [0.15, 0.2) is 0 Å². The van der Waals surface area contributed by atoms with Gasteiger partial charge in [-0.15, -0.1) is 0 Å². The van der Waals surface area contributed by atoms with E-state index in [0.29, 0.717) is 30.2 Å². The predicted molar refractivity (Wildman–Crippen MR) is 128 cm³/mol. The minimum Gasteiger partial charge on any atom is -0.495 e. The minimum absolute atomic E-state index is 0.0360. The molecule has 0 aromatic heterocycles. The summed E-state index contributed by atoms with van der Waals surface area (Å²) in [5.74, 6) is -0.914. The van der Waals surface area contributed by atoms with Crippen LogP contribution < -0.4 is 19.9 Å². The van der Waals surface area contributed by atoms with Gasteiger partial charge in [0.2, 0.25) is 11.8 Å². The predicted octanol–water partition coefficient (Wildman–Crippen LogP) is 3.77. The van der Waals surface area contributed by atoms with Gasteiger partial charge < -0.3 is 24.8 Å². The molecule has 2 heterocycles. The summed E-state index contributed by atoms with van der Waals surface area (Å²) < 4.78 is 45.7. The van der Waals surface area contributed by atoms with Crippen LogP contribution in [0.15, 0.2) is 36.4 Å². The first-order chi connectivity index (χ1) is 16.6. The number of piperazine rings is 1. The Morgan fingerprint density at radius 1 is 1.06 bits per heavy atom. The van der Waals surface area contributed by atoms with Gasteiger partial charge >= 0.3 is 6.18 Å². The fourth-order valence-electron chi connectivity index (χ4n) is 4.50. The molecule has 2 aromatic rings. The summed E-state index contributed by atoms with van der Waals surface area (Å²) in [7, 11) is 3.49. The molecule has 10 heteroatoms. The molecule has 188 valence electrons. The highest BCUT2D eigenvalue weighted by Gasteiger charge is 2.37. The maximum absolute atomic E-state index is 13.4. The number of carbonyl (C=O) groups excluding carboxylic acids is 2. The highest BCUT2D eigenvalue weighted by molar-refractivity contribution is 6.05. The SMILES string of the molecule is COc1ccc(C)cc1N1CC(C(=O)Nc2cc(C(F)(F)F)ccc2N2CCN(C)CC2)CC1=O. The molecule has 0 aliphatic carbocycles. The van der Waals surface area contributed by atoms with Gasteiger partial charge in [0.05, 0.1) is 35.7 Å². The molecule has 0 saturated carbocycles. The van der Waals surface area contributed by atoms with Gasteiger partial charge in [0, 0.05) is 39.1 Å². The van der Waals surface area contributed by atoms with E-state index in [1.165, 1.54) is 18.1 Å². The molecule has 7 nitrogen and oxygen atoms in total. The number of halogens is 3. The molecule has 0 radical (unpaired) electrons. The van der Waals surface area contributed by atoms with Crippen molar-refractivity contribution in [2.75, 3.05) is 62.0 Å². The molecular weight excluding hydrogens is 461 g/mol. The fourth-order valence-corrected chi connectivity index (χ4v) is 4.50. The van der Waals surface area contributed by atoms with Crippen molar-refractivity contribution in [1.82, 2.24) is 4.90 Å². The molecule has 2 amide bonds. The van der Waals surface area contributed by atoms with Gasteiger partial charge in [-0.05, 0) is 49.9 Å². The molecule has 2 aromatic carbocycles. The molecule has 0 spiro atoms. The van der Waals surface area contributed by atoms with Crippen molar-refractivity contribution < 1.29 is 27.5 Å². The molecule has 2 fully saturated rings. The molecule has 2 aliphatic rings. The smallest absolute Gasteiger partial charge is 0.416 e. The number of carbonyl (C=O) groups is 2. The number of ether oxygens (including phenoxy) is 1. The third kappa shape index (κ3) is 5.37. The maximum Gasteiger partial charge on any atom is 0.416 e. The van der Waals surface area contributed by atoms with Crippen LogP contribution in [0.5, 0.6) is 5.75 Å². The molecule has 1 unspecified atom stereocenters. The summed E-state index contributed by atoms with van der Waals surface area (Å²) in [6, 6.07) is 8.86. The van der Waals surface area contributed by atoms with Crippen LogP contribution in [-0.2, 0) is 15.8 Å². The Hall–Kier alpha value is -3.27. The Morgan fingerprint density at radius 2 is 1.77 bits per heavy atom. The van der Waals surface area contributed by atoms with Crippen LogP contribution in [0.2, 0.25) is 0 Å². The lowest BCUT2D eigenvalue weighted by Crippen LogP contribution is -2.44. The number of hydrogen-bond donors (Lipinski definition) is 1. The number of amides is 2. The van der Waals surface area contributed by atoms with Crippen LogP contribution in [0, 0.1) is 12.8 Å². The minimum atomic E-state index is -4.54. The molecule has 35 heavy (non-hydrogen) atoms. The number of benzene rings is 2. The highest BCUT2D eigenvalue weighted by atomic mass is 19.4. The van der Waals surface area contributed by atoms with Crippen molar-refractivity contribution in [1.29, 1.82) is 0 Å². The van der Waals surface area contributed by atoms with Crippen molar-refractivity contribution >= 4 is 28.9 Å². The Bertz CT molecular complexity index is 1110. The summed E-state index contributed by atoms with van der Waals surface area (Å²) >= 11 is 0. The van der Waals surface area contributed by atoms with E-state index >= 15 is 0 Å². The van der Waals surface area contributed by atoms with Gasteiger partial charge in [0.25, 0.3) is 0 Å². The number of rotatable bonds is 5. The Balaban J connectivity index is 1.57. The van der Waals surface area contributed by atoms with Crippen molar-refractivity contribution in [3.63, 3.8) is 0 Å². The lowest BCUT2D eigenvalue weighted by molar-refractivity contribution is -0.137. The third-order valence-electron chi connectivity index (χ3n) is 6.55. The van der Waals surface area contributed by atoms with Crippen LogP contribution in [0.3, 0.4) is 0 Å². The number of methoxy groups -OCH3 is 1. The average molecular weight is 491 g/mol. The van der Waals surface area contributed by atoms with Crippen LogP contribution in [0.1, 0.15) is 17.5 Å². The summed E-state index contributed by atoms with van der Waals surface area (Å²) in [6.45, 7) is 4.80. The van der Waals surface area contributed by atoms with E-state index in [4.69, 9.17) is 4.74 Å². The topological polar surface area (TPSA) is 65.1 Å². The number of nitrogens with zero attached hydrogens (tertiary/aromatic N) is 3. The van der Waals surface area contributed by atoms with Gasteiger partial charge in [0.1, 0.15) is 5.75 Å². The first kappa shape index (κ1) is 24.8. The van der Waals surface area contributed by atoms with Crippen molar-refractivity contribution in [3.8, 4) is 5.75 Å². The summed E-state index contributed by atoms with van der Waals surface area (Å²) in [4.78, 5) is 31.6. The van der Waals surface area contributed by atoms with E-state index in [9.17, 15) is 22.8 Å². The van der Waals surface area contributed by atoms with Gasteiger partial charge in [-0.1, -0.05) is 6.07 Å². The van der Waals surface area contributed by atoms with E-state index in [1.54, 1.807) is 6.07 Å². The first-order valence-corrected chi connectivity index (χ1v) is 11.5. The molecule has 1 N–H and O–H groups in total. The molecular formula is C25H29F3N4O3. The Morgan fingerprint density at radius 3 is 2.43 bits per heavy atom. The summed E-state index contributed by atoms with van der Waals surface area (Å²) in [6.07, 6.45) is -4.58. The van der Waals surface area contributed by atoms with Crippen molar-refractivity contribution in [2.24, 2.45) is 5.92 Å². The van der Waals surface area contributed by atoms with Crippen LogP contribution in [-0.4, -0.2) is 63.6 Å². The first-order valence-electron chi connectivity index (χ1n) is 11.5. The van der Waals surface area contributed by atoms with Gasteiger partial charge in [-0.3, -0.25) is 9.59 Å². The van der Waals surface area contributed by atoms with Crippen LogP contribution >= 0.6 is 0 Å². The van der Waals surface area contributed by atoms with E-state index in [-0.39, 0.29) is 24.6 Å². The fraction of sp³-hybridized carbons (Fsp3) is 0.440. The van der Waals surface area contributed by atoms with Crippen LogP contribution in [0.25, 0.3) is 0 Å².